The van der Waals surface area contributed by atoms with Gasteiger partial charge >= 0.3 is 5.97 Å². The van der Waals surface area contributed by atoms with Crippen molar-refractivity contribution in [2.45, 2.75) is 186 Å². The molecular formula is C56H85N3O12. The molecule has 15 heteroatoms. The van der Waals surface area contributed by atoms with Crippen LogP contribution in [0.5, 0.6) is 5.75 Å². The van der Waals surface area contributed by atoms with Crippen molar-refractivity contribution in [2.24, 2.45) is 35.3 Å². The average molecular weight is 992 g/mol. The number of hydrogen-bond acceptors (Lipinski definition) is 14. The first-order valence-corrected chi connectivity index (χ1v) is 26.1. The maximum absolute atomic E-state index is 14.5. The molecule has 1 aromatic rings. The quantitative estimate of drug-likeness (QED) is 0.0993. The summed E-state index contributed by atoms with van der Waals surface area (Å²) in [6, 6.07) is 5.56. The molecule has 0 spiro atoms. The van der Waals surface area contributed by atoms with E-state index in [1.54, 1.807) is 34.1 Å². The van der Waals surface area contributed by atoms with E-state index >= 15 is 0 Å². The van der Waals surface area contributed by atoms with Gasteiger partial charge < -0.3 is 55.0 Å². The number of ketones is 2. The Balaban J connectivity index is 1.48. The first-order valence-electron chi connectivity index (χ1n) is 26.1. The van der Waals surface area contributed by atoms with Gasteiger partial charge in [0.25, 0.3) is 11.7 Å². The van der Waals surface area contributed by atoms with Crippen LogP contribution < -0.4 is 15.8 Å². The molecule has 2 saturated heterocycles. The van der Waals surface area contributed by atoms with E-state index in [4.69, 9.17) is 29.4 Å². The van der Waals surface area contributed by atoms with Crippen LogP contribution in [0.25, 0.3) is 0 Å². The molecule has 3 heterocycles. The average Bonchev–Trinajstić information content (AvgIpc) is 3.35. The SMILES string of the molecule is COc1cccc(N[C@H]2C[C@@H]3CCC(C)[C@@](O)(O3)C(=O)C(=O)N3CCCC[C@H]3C(=O)O[C@H]([C@H](C)CC3CC[C@@H](O)[C@H](OC)C3)CC[C@H](N)/C=C(\C)[C@@H](O)[C@@H](OC)C(=O)[C@H](C)C[C@H](C)/C=C/C=C/C=C/2C)c1. The Kier molecular flexibility index (Phi) is 22.1. The van der Waals surface area contributed by atoms with Crippen LogP contribution in [-0.2, 0) is 38.1 Å². The number of cyclic esters (lactones) is 1. The van der Waals surface area contributed by atoms with Gasteiger partial charge in [-0.05, 0) is 133 Å². The molecule has 2 unspecified atom stereocenters. The Labute approximate surface area is 422 Å². The van der Waals surface area contributed by atoms with Crippen LogP contribution in [0.3, 0.4) is 0 Å². The van der Waals surface area contributed by atoms with Gasteiger partial charge in [0, 0.05) is 56.4 Å². The number of carbonyl (C=O) groups excluding carboxylic acids is 4. The van der Waals surface area contributed by atoms with E-state index in [2.05, 4.69) is 5.32 Å². The molecule has 4 aliphatic rings. The topological polar surface area (TPSA) is 216 Å². The van der Waals surface area contributed by atoms with E-state index in [1.807, 2.05) is 82.3 Å². The number of esters is 1. The number of Topliss-reactive ketones (excluding diaryl/α,β-unsaturated/α-hetero) is 2. The molecule has 1 aliphatic carbocycles. The minimum Gasteiger partial charge on any atom is -0.497 e. The van der Waals surface area contributed by atoms with E-state index < -0.39 is 77.9 Å². The molecule has 3 fully saturated rings. The third-order valence-corrected chi connectivity index (χ3v) is 15.5. The number of allylic oxidation sites excluding steroid dienone is 5. The fourth-order valence-corrected chi connectivity index (χ4v) is 11.0. The van der Waals surface area contributed by atoms with Crippen LogP contribution in [0.4, 0.5) is 5.69 Å². The molecule has 71 heavy (non-hydrogen) atoms. The van der Waals surface area contributed by atoms with Crippen LogP contribution in [0.1, 0.15) is 125 Å². The summed E-state index contributed by atoms with van der Waals surface area (Å²) in [4.78, 5) is 58.5. The van der Waals surface area contributed by atoms with Crippen molar-refractivity contribution in [3.8, 4) is 5.75 Å². The summed E-state index contributed by atoms with van der Waals surface area (Å²) >= 11 is 0. The summed E-state index contributed by atoms with van der Waals surface area (Å²) < 4.78 is 29.5. The molecule has 1 amide bonds. The molecule has 15 atom stereocenters. The highest BCUT2D eigenvalue weighted by Crippen LogP contribution is 2.38. The number of rotatable bonds is 8. The fraction of sp³-hybridized carbons (Fsp3) is 0.679. The van der Waals surface area contributed by atoms with E-state index in [1.165, 1.54) is 12.0 Å². The highest BCUT2D eigenvalue weighted by Gasteiger charge is 2.53. The lowest BCUT2D eigenvalue weighted by atomic mass is 9.78. The summed E-state index contributed by atoms with van der Waals surface area (Å²) in [6.07, 6.45) is 13.7. The highest BCUT2D eigenvalue weighted by atomic mass is 16.6. The van der Waals surface area contributed by atoms with Crippen molar-refractivity contribution in [1.29, 1.82) is 0 Å². The Morgan fingerprint density at radius 3 is 2.37 bits per heavy atom. The molecule has 5 rings (SSSR count). The zero-order valence-electron chi connectivity index (χ0n) is 43.8. The Hall–Kier alpha value is -4.22. The number of nitrogens with one attached hydrogen (secondary N) is 1. The number of anilines is 1. The Morgan fingerprint density at radius 2 is 1.65 bits per heavy atom. The van der Waals surface area contributed by atoms with Gasteiger partial charge in [0.1, 0.15) is 30.1 Å². The second-order valence-electron chi connectivity index (χ2n) is 21.1. The molecule has 1 saturated carbocycles. The smallest absolute Gasteiger partial charge is 0.329 e. The largest absolute Gasteiger partial charge is 0.497 e. The first kappa shape index (κ1) is 57.7. The van der Waals surface area contributed by atoms with E-state index in [9.17, 15) is 34.5 Å². The predicted molar refractivity (Wildman–Crippen MR) is 273 cm³/mol. The molecule has 396 valence electrons. The number of aliphatic hydroxyl groups excluding tert-OH is 2. The summed E-state index contributed by atoms with van der Waals surface area (Å²) in [5.74, 6) is -5.78. The molecule has 0 aromatic heterocycles. The summed E-state index contributed by atoms with van der Waals surface area (Å²) in [6.45, 7) is 11.4. The molecule has 0 radical (unpaired) electrons. The molecule has 2 bridgehead atoms. The zero-order valence-corrected chi connectivity index (χ0v) is 43.8. The molecule has 6 N–H and O–H groups in total. The number of hydrogen-bond donors (Lipinski definition) is 5. The third kappa shape index (κ3) is 15.6. The van der Waals surface area contributed by atoms with Crippen molar-refractivity contribution in [2.75, 3.05) is 33.2 Å². The van der Waals surface area contributed by atoms with Crippen molar-refractivity contribution >= 4 is 29.1 Å². The number of amides is 1. The number of benzene rings is 1. The van der Waals surface area contributed by atoms with E-state index in [-0.39, 0.29) is 48.6 Å². The monoisotopic (exact) mass is 992 g/mol. The second-order valence-corrected chi connectivity index (χ2v) is 21.1. The van der Waals surface area contributed by atoms with Crippen LogP contribution in [0, 0.1) is 29.6 Å². The summed E-state index contributed by atoms with van der Waals surface area (Å²) in [5, 5.41) is 37.8. The Morgan fingerprint density at radius 1 is 0.887 bits per heavy atom. The van der Waals surface area contributed by atoms with E-state index in [0.717, 1.165) is 17.7 Å². The molecule has 15 nitrogen and oxygen atoms in total. The van der Waals surface area contributed by atoms with Crippen LogP contribution in [-0.4, -0.2) is 132 Å². The maximum Gasteiger partial charge on any atom is 0.329 e. The van der Waals surface area contributed by atoms with Gasteiger partial charge in [-0.25, -0.2) is 4.79 Å². The Bertz CT molecular complexity index is 2050. The van der Waals surface area contributed by atoms with Crippen molar-refractivity contribution < 1.29 is 58.2 Å². The first-order chi connectivity index (χ1) is 33.8. The van der Waals surface area contributed by atoms with Gasteiger partial charge in [-0.1, -0.05) is 75.8 Å². The standard InChI is InChI=1S/C56H85N3O12/c1-34-16-11-10-12-17-35(2)45(58-42-18-15-19-43(32-42)67-7)33-44-24-21-39(6)56(66,71-44)53(63)54(64)59-27-14-13-20-46(59)55(65)70-48(36(3)29-40-22-25-47(60)49(31-40)68-8)26-23-41(57)30-38(5)51(62)52(69-9)50(61)37(4)28-34/h10-12,15-19,30,32,34,36-37,39-41,44-49,51-52,58,60,62,66H,13-14,20-29,31,33,57H2,1-9H3/b12-10+,16-11+,35-17+,38-30+/t34-,36-,37-,39?,40?,41+,44+,45+,46+,47-,48+,49-,51-,52+,56-/m1/s1. The normalized spacial score (nSPS) is 37.8. The number of fused-ring (bicyclic) bond motifs is 3. The number of aliphatic hydroxyl groups is 3. The van der Waals surface area contributed by atoms with Crippen molar-refractivity contribution in [3.63, 3.8) is 0 Å². The summed E-state index contributed by atoms with van der Waals surface area (Å²) in [5.41, 5.74) is 8.92. The van der Waals surface area contributed by atoms with Crippen LogP contribution in [0.15, 0.2) is 71.9 Å². The number of nitrogens with zero attached hydrogens (tertiary/aromatic N) is 1. The number of ether oxygens (including phenoxy) is 5. The molecule has 1 aromatic carbocycles. The van der Waals surface area contributed by atoms with E-state index in [0.29, 0.717) is 82.0 Å². The fourth-order valence-electron chi connectivity index (χ4n) is 11.0. The van der Waals surface area contributed by atoms with Gasteiger partial charge in [0.2, 0.25) is 5.79 Å². The highest BCUT2D eigenvalue weighted by molar-refractivity contribution is 6.39. The zero-order chi connectivity index (χ0) is 52.0. The molecular weight excluding hydrogens is 907 g/mol. The lowest BCUT2D eigenvalue weighted by molar-refractivity contribution is -0.263. The number of piperidine rings is 1. The van der Waals surface area contributed by atoms with Crippen molar-refractivity contribution in [1.82, 2.24) is 4.90 Å². The number of nitrogens with two attached hydrogens (primary N) is 1. The maximum atomic E-state index is 14.5. The van der Waals surface area contributed by atoms with Gasteiger partial charge in [-0.3, -0.25) is 14.4 Å². The minimum atomic E-state index is -2.43. The molecule has 3 aliphatic heterocycles. The van der Waals surface area contributed by atoms with Gasteiger partial charge in [-0.2, -0.15) is 0 Å². The third-order valence-electron chi connectivity index (χ3n) is 15.5. The number of methoxy groups -OCH3 is 3. The lowest BCUT2D eigenvalue weighted by Crippen LogP contribution is -2.61. The van der Waals surface area contributed by atoms with Crippen LogP contribution >= 0.6 is 0 Å². The van der Waals surface area contributed by atoms with Gasteiger partial charge in [0.05, 0.1) is 25.4 Å². The van der Waals surface area contributed by atoms with Gasteiger partial charge in [-0.15, -0.1) is 0 Å². The predicted octanol–water partition coefficient (Wildman–Crippen LogP) is 7.17. The number of carbonyl (C=O) groups is 4. The summed E-state index contributed by atoms with van der Waals surface area (Å²) in [7, 11) is 4.61. The second kappa shape index (κ2) is 27.2. The van der Waals surface area contributed by atoms with Crippen LogP contribution in [0.2, 0.25) is 0 Å². The van der Waals surface area contributed by atoms with Gasteiger partial charge in [0.15, 0.2) is 5.78 Å². The lowest BCUT2D eigenvalue weighted by Gasteiger charge is -2.43. The minimum absolute atomic E-state index is 0.0254. The van der Waals surface area contributed by atoms with Crippen molar-refractivity contribution in [3.05, 3.63) is 71.9 Å².